The fourth-order valence-corrected chi connectivity index (χ4v) is 2.40. The minimum absolute atomic E-state index is 0.0685. The predicted molar refractivity (Wildman–Crippen MR) is 69.7 cm³/mol. The second kappa shape index (κ2) is 6.75. The van der Waals surface area contributed by atoms with Crippen molar-refractivity contribution in [1.82, 2.24) is 0 Å². The molecule has 0 aliphatic heterocycles. The number of nitro benzene ring substituents is 1. The van der Waals surface area contributed by atoms with Crippen LogP contribution in [0, 0.1) is 27.4 Å². The Morgan fingerprint density at radius 1 is 1.63 bits per heavy atom. The van der Waals surface area contributed by atoms with Crippen molar-refractivity contribution in [2.75, 3.05) is 12.9 Å². The fourth-order valence-electron chi connectivity index (χ4n) is 1.33. The molecular weight excluding hydrogens is 268 g/mol. The molecule has 1 rings (SSSR count). The first-order valence-corrected chi connectivity index (χ1v) is 6.37. The molecular formula is C12H12N2O4S. The summed E-state index contributed by atoms with van der Waals surface area (Å²) in [7, 11) is 1.29. The van der Waals surface area contributed by atoms with E-state index in [1.807, 2.05) is 6.07 Å². The predicted octanol–water partition coefficient (Wildman–Crippen LogP) is 2.37. The first-order valence-electron chi connectivity index (χ1n) is 5.38. The molecule has 19 heavy (non-hydrogen) atoms. The highest BCUT2D eigenvalue weighted by atomic mass is 32.2. The van der Waals surface area contributed by atoms with Crippen LogP contribution in [0.15, 0.2) is 23.1 Å². The number of hydrogen-bond acceptors (Lipinski definition) is 6. The first kappa shape index (κ1) is 15.0. The lowest BCUT2D eigenvalue weighted by Gasteiger charge is -2.08. The Morgan fingerprint density at radius 2 is 2.32 bits per heavy atom. The molecule has 0 bridgehead atoms. The normalized spacial score (nSPS) is 11.4. The standard InChI is InChI=1S/C12H12N2O4S/c1-8(12(15)18-2)7-19-11-5-9(6-13)3-4-10(11)14(16)17/h3-5,8H,7H2,1-2H3. The summed E-state index contributed by atoms with van der Waals surface area (Å²) in [5.41, 5.74) is 0.278. The maximum Gasteiger partial charge on any atom is 0.309 e. The van der Waals surface area contributed by atoms with E-state index in [2.05, 4.69) is 4.74 Å². The number of carbonyl (C=O) groups is 1. The van der Waals surface area contributed by atoms with Gasteiger partial charge in [-0.3, -0.25) is 14.9 Å². The minimum atomic E-state index is -0.508. The van der Waals surface area contributed by atoms with Crippen LogP contribution in [0.1, 0.15) is 12.5 Å². The van der Waals surface area contributed by atoms with Crippen molar-refractivity contribution in [3.63, 3.8) is 0 Å². The van der Waals surface area contributed by atoms with Crippen LogP contribution in [-0.4, -0.2) is 23.8 Å². The van der Waals surface area contributed by atoms with Crippen molar-refractivity contribution in [2.45, 2.75) is 11.8 Å². The summed E-state index contributed by atoms with van der Waals surface area (Å²) >= 11 is 1.16. The van der Waals surface area contributed by atoms with Crippen LogP contribution in [0.5, 0.6) is 0 Å². The van der Waals surface area contributed by atoms with Crippen LogP contribution in [0.4, 0.5) is 5.69 Å². The molecule has 1 aromatic rings. The van der Waals surface area contributed by atoms with Crippen LogP contribution < -0.4 is 0 Å². The van der Waals surface area contributed by atoms with Crippen molar-refractivity contribution >= 4 is 23.4 Å². The Balaban J connectivity index is 2.90. The number of methoxy groups -OCH3 is 1. The highest BCUT2D eigenvalue weighted by Crippen LogP contribution is 2.31. The summed E-state index contributed by atoms with van der Waals surface area (Å²) in [4.78, 5) is 22.0. The van der Waals surface area contributed by atoms with Gasteiger partial charge in [-0.05, 0) is 12.1 Å². The van der Waals surface area contributed by atoms with Gasteiger partial charge in [0.2, 0.25) is 0 Å². The average molecular weight is 280 g/mol. The maximum absolute atomic E-state index is 11.3. The molecule has 0 aliphatic rings. The van der Waals surface area contributed by atoms with E-state index in [0.717, 1.165) is 11.8 Å². The minimum Gasteiger partial charge on any atom is -0.469 e. The van der Waals surface area contributed by atoms with E-state index >= 15 is 0 Å². The van der Waals surface area contributed by atoms with Crippen LogP contribution in [0.25, 0.3) is 0 Å². The smallest absolute Gasteiger partial charge is 0.309 e. The highest BCUT2D eigenvalue weighted by Gasteiger charge is 2.18. The number of esters is 1. The lowest BCUT2D eigenvalue weighted by Crippen LogP contribution is -2.14. The van der Waals surface area contributed by atoms with Crippen molar-refractivity contribution in [2.24, 2.45) is 5.92 Å². The van der Waals surface area contributed by atoms with Crippen LogP contribution in [-0.2, 0) is 9.53 Å². The van der Waals surface area contributed by atoms with E-state index in [1.54, 1.807) is 6.92 Å². The van der Waals surface area contributed by atoms with Gasteiger partial charge in [-0.1, -0.05) is 6.92 Å². The summed E-state index contributed by atoms with van der Waals surface area (Å²) < 4.78 is 4.58. The van der Waals surface area contributed by atoms with Gasteiger partial charge in [0.05, 0.1) is 34.5 Å². The number of hydrogen-bond donors (Lipinski definition) is 0. The molecule has 0 fully saturated rings. The molecule has 0 saturated heterocycles. The third-order valence-corrected chi connectivity index (χ3v) is 3.68. The number of nitrogens with zero attached hydrogens (tertiary/aromatic N) is 2. The molecule has 100 valence electrons. The largest absolute Gasteiger partial charge is 0.469 e. The molecule has 0 aromatic heterocycles. The van der Waals surface area contributed by atoms with E-state index in [9.17, 15) is 14.9 Å². The van der Waals surface area contributed by atoms with Crippen LogP contribution >= 0.6 is 11.8 Å². The molecule has 0 amide bonds. The van der Waals surface area contributed by atoms with E-state index in [-0.39, 0.29) is 17.6 Å². The second-order valence-corrected chi connectivity index (χ2v) is 4.85. The van der Waals surface area contributed by atoms with Gasteiger partial charge in [0, 0.05) is 11.8 Å². The highest BCUT2D eigenvalue weighted by molar-refractivity contribution is 7.99. The Bertz CT molecular complexity index is 539. The molecule has 0 aliphatic carbocycles. The average Bonchev–Trinajstić information content (AvgIpc) is 2.43. The number of carbonyl (C=O) groups excluding carboxylic acids is 1. The second-order valence-electron chi connectivity index (χ2n) is 3.79. The van der Waals surface area contributed by atoms with Gasteiger partial charge in [-0.15, -0.1) is 11.8 Å². The van der Waals surface area contributed by atoms with E-state index in [0.29, 0.717) is 16.2 Å². The van der Waals surface area contributed by atoms with Gasteiger partial charge in [-0.25, -0.2) is 0 Å². The zero-order valence-corrected chi connectivity index (χ0v) is 11.3. The molecule has 0 N–H and O–H groups in total. The third-order valence-electron chi connectivity index (χ3n) is 2.38. The zero-order valence-electron chi connectivity index (χ0n) is 10.5. The monoisotopic (exact) mass is 280 g/mol. The lowest BCUT2D eigenvalue weighted by atomic mass is 10.2. The SMILES string of the molecule is COC(=O)C(C)CSc1cc(C#N)ccc1[N+](=O)[O-]. The van der Waals surface area contributed by atoms with E-state index < -0.39 is 4.92 Å². The molecule has 0 radical (unpaired) electrons. The number of ether oxygens (including phenoxy) is 1. The summed E-state index contributed by atoms with van der Waals surface area (Å²) in [5.74, 6) is -0.394. The van der Waals surface area contributed by atoms with Crippen molar-refractivity contribution in [3.8, 4) is 6.07 Å². The van der Waals surface area contributed by atoms with E-state index in [4.69, 9.17) is 5.26 Å². The quantitative estimate of drug-likeness (QED) is 0.356. The Labute approximate surface area is 114 Å². The van der Waals surface area contributed by atoms with Crippen LogP contribution in [0.3, 0.4) is 0 Å². The van der Waals surface area contributed by atoms with Gasteiger partial charge in [-0.2, -0.15) is 5.26 Å². The van der Waals surface area contributed by atoms with Gasteiger partial charge in [0.1, 0.15) is 0 Å². The molecule has 7 heteroatoms. The molecule has 0 spiro atoms. The number of nitro groups is 1. The Morgan fingerprint density at radius 3 is 2.84 bits per heavy atom. The Kier molecular flexibility index (Phi) is 5.33. The number of thioether (sulfide) groups is 1. The van der Waals surface area contributed by atoms with Crippen molar-refractivity contribution in [1.29, 1.82) is 5.26 Å². The lowest BCUT2D eigenvalue weighted by molar-refractivity contribution is -0.387. The summed E-state index contributed by atoms with van der Waals surface area (Å²) in [5, 5.41) is 19.7. The summed E-state index contributed by atoms with van der Waals surface area (Å²) in [6.45, 7) is 1.68. The molecule has 1 aromatic carbocycles. The fraction of sp³-hybridized carbons (Fsp3) is 0.333. The van der Waals surface area contributed by atoms with Crippen LogP contribution in [0.2, 0.25) is 0 Å². The first-order chi connectivity index (χ1) is 8.99. The summed E-state index contributed by atoms with van der Waals surface area (Å²) in [6.07, 6.45) is 0. The van der Waals surface area contributed by atoms with Crippen molar-refractivity contribution < 1.29 is 14.5 Å². The van der Waals surface area contributed by atoms with Gasteiger partial charge >= 0.3 is 5.97 Å². The number of nitriles is 1. The van der Waals surface area contributed by atoms with Gasteiger partial charge in [0.25, 0.3) is 5.69 Å². The third kappa shape index (κ3) is 3.96. The zero-order chi connectivity index (χ0) is 14.4. The molecule has 1 atom stereocenters. The van der Waals surface area contributed by atoms with E-state index in [1.165, 1.54) is 25.3 Å². The molecule has 1 unspecified atom stereocenters. The Hall–Kier alpha value is -2.07. The molecule has 0 heterocycles. The van der Waals surface area contributed by atoms with Gasteiger partial charge in [0.15, 0.2) is 0 Å². The van der Waals surface area contributed by atoms with Crippen molar-refractivity contribution in [3.05, 3.63) is 33.9 Å². The van der Waals surface area contributed by atoms with Gasteiger partial charge < -0.3 is 4.74 Å². The number of rotatable bonds is 5. The molecule has 6 nitrogen and oxygen atoms in total. The summed E-state index contributed by atoms with van der Waals surface area (Å²) in [6, 6.07) is 6.07. The molecule has 0 saturated carbocycles. The number of benzene rings is 1. The topological polar surface area (TPSA) is 93.2 Å². The maximum atomic E-state index is 11.3.